The molecule has 7 aromatic rings. The summed E-state index contributed by atoms with van der Waals surface area (Å²) in [5, 5.41) is 0.988. The van der Waals surface area contributed by atoms with E-state index < -0.39 is 5.41 Å². The van der Waals surface area contributed by atoms with E-state index in [1.807, 2.05) is 24.3 Å². The molecule has 0 fully saturated rings. The first-order valence-corrected chi connectivity index (χ1v) is 15.4. The molecule has 2 aliphatic rings. The fraction of sp³-hybridized carbons (Fsp3) is 0.0732. The van der Waals surface area contributed by atoms with Crippen molar-refractivity contribution in [3.63, 3.8) is 0 Å². The van der Waals surface area contributed by atoms with Crippen LogP contribution in [0.5, 0.6) is 11.5 Å². The summed E-state index contributed by atoms with van der Waals surface area (Å²) in [4.78, 5) is 10.4. The van der Waals surface area contributed by atoms with Crippen LogP contribution in [0.25, 0.3) is 39.0 Å². The van der Waals surface area contributed by atoms with E-state index in [0.29, 0.717) is 5.82 Å². The molecule has 4 heteroatoms. The average Bonchev–Trinajstić information content (AvgIpc) is 3.50. The molecule has 2 aromatic heterocycles. The molecule has 0 unspecified atom stereocenters. The summed E-state index contributed by atoms with van der Waals surface area (Å²) < 4.78 is 13.0. The molecule has 1 aliphatic heterocycles. The number of fused-ring (bicyclic) bond motifs is 5. The molecule has 0 radical (unpaired) electrons. The molecule has 1 aliphatic carbocycles. The normalized spacial score (nSPS) is 14.9. The summed E-state index contributed by atoms with van der Waals surface area (Å²) in [7, 11) is 0. The fourth-order valence-electron chi connectivity index (χ4n) is 7.08. The standard InChI is InChI=1S/C41H28N2O2/c1-4-14-27(15-5-1)37-39-38(31-20-10-12-22-34(31)45-39)43-40(42-37)28-24-25-36-33(26-28)41(29-16-6-2-7-17-29,30-18-8-3-9-19-30)32-21-11-13-23-35(32)44-36/h1-4,6-14,16-26H,5,15H2. The van der Waals surface area contributed by atoms with E-state index in [9.17, 15) is 0 Å². The van der Waals surface area contributed by atoms with Crippen molar-refractivity contribution in [1.29, 1.82) is 0 Å². The molecule has 0 bridgehead atoms. The van der Waals surface area contributed by atoms with Crippen molar-refractivity contribution in [2.75, 3.05) is 0 Å². The van der Waals surface area contributed by atoms with Gasteiger partial charge in [0.05, 0.1) is 5.41 Å². The average molecular weight is 581 g/mol. The van der Waals surface area contributed by atoms with Crippen molar-refractivity contribution in [1.82, 2.24) is 9.97 Å². The lowest BCUT2D eigenvalue weighted by Gasteiger charge is -2.41. The quantitative estimate of drug-likeness (QED) is 0.208. The van der Waals surface area contributed by atoms with E-state index >= 15 is 0 Å². The maximum absolute atomic E-state index is 6.63. The van der Waals surface area contributed by atoms with Gasteiger partial charge >= 0.3 is 0 Å². The molecule has 0 saturated carbocycles. The minimum Gasteiger partial charge on any atom is -0.457 e. The smallest absolute Gasteiger partial charge is 0.179 e. The topological polar surface area (TPSA) is 48.2 Å². The number of aromatic nitrogens is 2. The third-order valence-corrected chi connectivity index (χ3v) is 9.10. The Labute approximate surface area is 261 Å². The molecule has 3 heterocycles. The molecular formula is C41H28N2O2. The molecule has 0 atom stereocenters. The minimum atomic E-state index is -0.616. The largest absolute Gasteiger partial charge is 0.457 e. The lowest BCUT2D eigenvalue weighted by Crippen LogP contribution is -2.34. The zero-order valence-corrected chi connectivity index (χ0v) is 24.5. The number of furan rings is 1. The zero-order valence-electron chi connectivity index (χ0n) is 24.5. The van der Waals surface area contributed by atoms with Gasteiger partial charge in [0.2, 0.25) is 0 Å². The lowest BCUT2D eigenvalue weighted by atomic mass is 9.63. The van der Waals surface area contributed by atoms with Gasteiger partial charge in [0, 0.05) is 22.1 Å². The Morgan fingerprint density at radius 2 is 1.36 bits per heavy atom. The monoisotopic (exact) mass is 580 g/mol. The van der Waals surface area contributed by atoms with Crippen LogP contribution < -0.4 is 4.74 Å². The molecule has 0 spiro atoms. The first-order chi connectivity index (χ1) is 22.3. The maximum Gasteiger partial charge on any atom is 0.179 e. The highest BCUT2D eigenvalue weighted by Gasteiger charge is 2.45. The fourth-order valence-corrected chi connectivity index (χ4v) is 7.08. The van der Waals surface area contributed by atoms with Crippen molar-refractivity contribution in [2.24, 2.45) is 0 Å². The van der Waals surface area contributed by atoms with Gasteiger partial charge < -0.3 is 9.15 Å². The number of hydrogen-bond donors (Lipinski definition) is 0. The summed E-state index contributed by atoms with van der Waals surface area (Å²) >= 11 is 0. The summed E-state index contributed by atoms with van der Waals surface area (Å²) in [5.41, 5.74) is 9.19. The molecule has 45 heavy (non-hydrogen) atoms. The first-order valence-electron chi connectivity index (χ1n) is 15.4. The van der Waals surface area contributed by atoms with Gasteiger partial charge in [-0.25, -0.2) is 9.97 Å². The Morgan fingerprint density at radius 1 is 0.644 bits per heavy atom. The summed E-state index contributed by atoms with van der Waals surface area (Å²) in [5.74, 6) is 2.34. The molecule has 214 valence electrons. The Bertz CT molecular complexity index is 2260. The second kappa shape index (κ2) is 10.2. The summed E-state index contributed by atoms with van der Waals surface area (Å²) in [6.45, 7) is 0. The second-order valence-electron chi connectivity index (χ2n) is 11.6. The van der Waals surface area contributed by atoms with Crippen molar-refractivity contribution >= 4 is 27.6 Å². The molecular weight excluding hydrogens is 552 g/mol. The van der Waals surface area contributed by atoms with E-state index in [4.69, 9.17) is 19.1 Å². The van der Waals surface area contributed by atoms with E-state index in [0.717, 1.165) is 74.4 Å². The van der Waals surface area contributed by atoms with E-state index in [1.165, 1.54) is 11.1 Å². The Morgan fingerprint density at radius 3 is 2.13 bits per heavy atom. The molecule has 5 aromatic carbocycles. The van der Waals surface area contributed by atoms with Crippen molar-refractivity contribution in [2.45, 2.75) is 18.3 Å². The van der Waals surface area contributed by atoms with Gasteiger partial charge in [-0.1, -0.05) is 109 Å². The van der Waals surface area contributed by atoms with Crippen LogP contribution in [0.1, 0.15) is 40.8 Å². The van der Waals surface area contributed by atoms with Crippen molar-refractivity contribution in [3.8, 4) is 22.9 Å². The SMILES string of the molecule is C1=CCCC(c2nc(-c3ccc4c(c3)C(c3ccccc3)(c3ccccc3)c3ccccc3O4)nc3c2oc2ccccc23)=C1. The molecule has 0 saturated heterocycles. The van der Waals surface area contributed by atoms with Crippen LogP contribution in [0, 0.1) is 0 Å². The molecule has 9 rings (SSSR count). The van der Waals surface area contributed by atoms with E-state index in [2.05, 4.69) is 121 Å². The predicted molar refractivity (Wildman–Crippen MR) is 179 cm³/mol. The van der Waals surface area contributed by atoms with Gasteiger partial charge in [0.25, 0.3) is 0 Å². The number of hydrogen-bond acceptors (Lipinski definition) is 4. The number of para-hydroxylation sites is 2. The van der Waals surface area contributed by atoms with Gasteiger partial charge in [-0.3, -0.25) is 0 Å². The van der Waals surface area contributed by atoms with Crippen LogP contribution in [0.3, 0.4) is 0 Å². The van der Waals surface area contributed by atoms with Gasteiger partial charge in [0.15, 0.2) is 11.4 Å². The van der Waals surface area contributed by atoms with Crippen LogP contribution in [-0.4, -0.2) is 9.97 Å². The predicted octanol–water partition coefficient (Wildman–Crippen LogP) is 10.3. The highest BCUT2D eigenvalue weighted by atomic mass is 16.5. The van der Waals surface area contributed by atoms with Gasteiger partial charge in [0.1, 0.15) is 28.3 Å². The Balaban J connectivity index is 1.34. The number of nitrogens with zero attached hydrogens (tertiary/aromatic N) is 2. The molecule has 0 N–H and O–H groups in total. The minimum absolute atomic E-state index is 0.616. The first kappa shape index (κ1) is 25.7. The maximum atomic E-state index is 6.63. The van der Waals surface area contributed by atoms with E-state index in [-0.39, 0.29) is 0 Å². The van der Waals surface area contributed by atoms with Gasteiger partial charge in [-0.2, -0.15) is 0 Å². The Hall–Kier alpha value is -5.74. The van der Waals surface area contributed by atoms with Gasteiger partial charge in [-0.15, -0.1) is 0 Å². The zero-order chi connectivity index (χ0) is 29.8. The number of ether oxygens (including phenoxy) is 1. The number of rotatable bonds is 4. The number of benzene rings is 5. The lowest BCUT2D eigenvalue weighted by molar-refractivity contribution is 0.434. The third kappa shape index (κ3) is 3.92. The van der Waals surface area contributed by atoms with Crippen molar-refractivity contribution < 1.29 is 9.15 Å². The molecule has 0 amide bonds. The van der Waals surface area contributed by atoms with Crippen LogP contribution >= 0.6 is 0 Å². The van der Waals surface area contributed by atoms with Crippen LogP contribution in [0.4, 0.5) is 0 Å². The van der Waals surface area contributed by atoms with Crippen LogP contribution in [0.2, 0.25) is 0 Å². The highest BCUT2D eigenvalue weighted by molar-refractivity contribution is 6.05. The second-order valence-corrected chi connectivity index (χ2v) is 11.6. The van der Waals surface area contributed by atoms with Crippen LogP contribution in [0.15, 0.2) is 150 Å². The summed E-state index contributed by atoms with van der Waals surface area (Å²) in [6, 6.07) is 44.3. The van der Waals surface area contributed by atoms with E-state index in [1.54, 1.807) is 0 Å². The Kier molecular flexibility index (Phi) is 5.82. The molecule has 4 nitrogen and oxygen atoms in total. The van der Waals surface area contributed by atoms with Crippen LogP contribution in [-0.2, 0) is 5.41 Å². The summed E-state index contributed by atoms with van der Waals surface area (Å²) in [6.07, 6.45) is 8.32. The van der Waals surface area contributed by atoms with Gasteiger partial charge in [-0.05, 0) is 65.9 Å². The highest BCUT2D eigenvalue weighted by Crippen LogP contribution is 2.55. The van der Waals surface area contributed by atoms with Crippen molar-refractivity contribution in [3.05, 3.63) is 174 Å². The number of allylic oxidation sites excluding steroid dienone is 4. The third-order valence-electron chi connectivity index (χ3n) is 9.10.